The molecular formula is C18H21BrFN. The smallest absolute Gasteiger partial charge is 0.124 e. The number of hydrogen-bond acceptors (Lipinski definition) is 1. The topological polar surface area (TPSA) is 26.0 Å². The summed E-state index contributed by atoms with van der Waals surface area (Å²) in [6.07, 6.45) is 0. The molecule has 0 fully saturated rings. The van der Waals surface area contributed by atoms with Crippen molar-refractivity contribution in [2.24, 2.45) is 5.73 Å². The molecule has 1 nitrogen and oxygen atoms in total. The second kappa shape index (κ2) is 5.90. The van der Waals surface area contributed by atoms with Gasteiger partial charge in [0.15, 0.2) is 0 Å². The van der Waals surface area contributed by atoms with E-state index in [1.54, 1.807) is 6.07 Å². The van der Waals surface area contributed by atoms with Crippen LogP contribution in [0.4, 0.5) is 4.39 Å². The van der Waals surface area contributed by atoms with Gasteiger partial charge in [0.1, 0.15) is 5.82 Å². The molecule has 0 aliphatic carbocycles. The van der Waals surface area contributed by atoms with Crippen LogP contribution in [-0.2, 0) is 0 Å². The first-order chi connectivity index (χ1) is 9.75. The van der Waals surface area contributed by atoms with Gasteiger partial charge in [-0.2, -0.15) is 0 Å². The molecule has 0 bridgehead atoms. The van der Waals surface area contributed by atoms with Gasteiger partial charge in [0.25, 0.3) is 0 Å². The summed E-state index contributed by atoms with van der Waals surface area (Å²) >= 11 is 3.43. The SMILES string of the molecule is Cc1c(C)c(C)c(C(N)c2ccc(F)cc2Br)c(C)c1C. The molecule has 0 saturated carbocycles. The highest BCUT2D eigenvalue weighted by Gasteiger charge is 2.20. The van der Waals surface area contributed by atoms with Crippen LogP contribution < -0.4 is 5.73 Å². The van der Waals surface area contributed by atoms with E-state index in [9.17, 15) is 4.39 Å². The van der Waals surface area contributed by atoms with Crippen molar-refractivity contribution in [2.75, 3.05) is 0 Å². The predicted octanol–water partition coefficient (Wildman–Crippen LogP) is 5.18. The van der Waals surface area contributed by atoms with E-state index < -0.39 is 0 Å². The fourth-order valence-corrected chi connectivity index (χ4v) is 3.50. The molecule has 0 spiro atoms. The summed E-state index contributed by atoms with van der Waals surface area (Å²) in [6.45, 7) is 10.6. The Kier molecular flexibility index (Phi) is 4.54. The maximum atomic E-state index is 13.3. The minimum atomic E-state index is -0.266. The van der Waals surface area contributed by atoms with Gasteiger partial charge >= 0.3 is 0 Å². The van der Waals surface area contributed by atoms with Crippen LogP contribution in [0.3, 0.4) is 0 Å². The van der Waals surface area contributed by atoms with Gasteiger partial charge in [-0.1, -0.05) is 22.0 Å². The summed E-state index contributed by atoms with van der Waals surface area (Å²) in [6, 6.07) is 4.41. The van der Waals surface area contributed by atoms with Crippen LogP contribution in [0.1, 0.15) is 45.0 Å². The molecule has 0 saturated heterocycles. The van der Waals surface area contributed by atoms with E-state index in [1.165, 1.54) is 39.9 Å². The Hall–Kier alpha value is -1.19. The van der Waals surface area contributed by atoms with Crippen LogP contribution in [0.25, 0.3) is 0 Å². The van der Waals surface area contributed by atoms with E-state index in [0.717, 1.165) is 11.1 Å². The van der Waals surface area contributed by atoms with Crippen LogP contribution in [-0.4, -0.2) is 0 Å². The molecule has 0 radical (unpaired) electrons. The van der Waals surface area contributed by atoms with E-state index in [-0.39, 0.29) is 11.9 Å². The number of rotatable bonds is 2. The molecule has 0 heterocycles. The minimum Gasteiger partial charge on any atom is -0.320 e. The fourth-order valence-electron chi connectivity index (χ4n) is 2.90. The van der Waals surface area contributed by atoms with Crippen molar-refractivity contribution >= 4 is 15.9 Å². The van der Waals surface area contributed by atoms with Crippen LogP contribution in [0.2, 0.25) is 0 Å². The maximum absolute atomic E-state index is 13.3. The van der Waals surface area contributed by atoms with Gasteiger partial charge < -0.3 is 5.73 Å². The Bertz CT molecular complexity index is 678. The molecule has 2 rings (SSSR count). The van der Waals surface area contributed by atoms with Gasteiger partial charge in [-0.25, -0.2) is 4.39 Å². The normalized spacial score (nSPS) is 12.6. The molecular weight excluding hydrogens is 329 g/mol. The highest BCUT2D eigenvalue weighted by molar-refractivity contribution is 9.10. The second-order valence-electron chi connectivity index (χ2n) is 5.68. The first-order valence-electron chi connectivity index (χ1n) is 7.03. The maximum Gasteiger partial charge on any atom is 0.124 e. The molecule has 1 unspecified atom stereocenters. The van der Waals surface area contributed by atoms with E-state index in [4.69, 9.17) is 5.73 Å². The standard InChI is InChI=1S/C18H21BrFN/c1-9-10(2)12(4)17(13(5)11(9)3)18(21)15-7-6-14(20)8-16(15)19/h6-8,18H,21H2,1-5H3. The Morgan fingerprint density at radius 2 is 1.38 bits per heavy atom. The molecule has 2 aromatic rings. The molecule has 1 atom stereocenters. The summed E-state index contributed by atoms with van der Waals surface area (Å²) in [5, 5.41) is 0. The summed E-state index contributed by atoms with van der Waals surface area (Å²) in [5.41, 5.74) is 14.9. The second-order valence-corrected chi connectivity index (χ2v) is 6.54. The Labute approximate surface area is 134 Å². The summed E-state index contributed by atoms with van der Waals surface area (Å²) in [4.78, 5) is 0. The predicted molar refractivity (Wildman–Crippen MR) is 90.3 cm³/mol. The van der Waals surface area contributed by atoms with Gasteiger partial charge in [0, 0.05) is 4.47 Å². The Balaban J connectivity index is 2.66. The molecule has 2 N–H and O–H groups in total. The van der Waals surface area contributed by atoms with Gasteiger partial charge in [-0.15, -0.1) is 0 Å². The van der Waals surface area contributed by atoms with Gasteiger partial charge in [0.2, 0.25) is 0 Å². The van der Waals surface area contributed by atoms with Crippen molar-refractivity contribution in [2.45, 2.75) is 40.7 Å². The number of halogens is 2. The quantitative estimate of drug-likeness (QED) is 0.794. The van der Waals surface area contributed by atoms with Crippen LogP contribution >= 0.6 is 15.9 Å². The molecule has 2 aromatic carbocycles. The monoisotopic (exact) mass is 349 g/mol. The fraction of sp³-hybridized carbons (Fsp3) is 0.333. The lowest BCUT2D eigenvalue weighted by molar-refractivity contribution is 0.625. The Morgan fingerprint density at radius 1 is 0.905 bits per heavy atom. The highest BCUT2D eigenvalue weighted by Crippen LogP contribution is 2.35. The van der Waals surface area contributed by atoms with Gasteiger partial charge in [-0.3, -0.25) is 0 Å². The third-order valence-corrected chi connectivity index (χ3v) is 5.35. The van der Waals surface area contributed by atoms with Crippen molar-refractivity contribution in [1.82, 2.24) is 0 Å². The first-order valence-corrected chi connectivity index (χ1v) is 7.82. The lowest BCUT2D eigenvalue weighted by Crippen LogP contribution is -2.17. The zero-order valence-electron chi connectivity index (χ0n) is 13.1. The summed E-state index contributed by atoms with van der Waals surface area (Å²) in [5.74, 6) is -0.262. The number of hydrogen-bond donors (Lipinski definition) is 1. The summed E-state index contributed by atoms with van der Waals surface area (Å²) < 4.78 is 14.0. The highest BCUT2D eigenvalue weighted by atomic mass is 79.9. The zero-order chi connectivity index (χ0) is 15.9. The molecule has 112 valence electrons. The van der Waals surface area contributed by atoms with E-state index in [1.807, 2.05) is 0 Å². The summed E-state index contributed by atoms with van der Waals surface area (Å²) in [7, 11) is 0. The largest absolute Gasteiger partial charge is 0.320 e. The average Bonchev–Trinajstić information content (AvgIpc) is 2.43. The van der Waals surface area contributed by atoms with E-state index in [0.29, 0.717) is 4.47 Å². The lowest BCUT2D eigenvalue weighted by atomic mass is 9.84. The van der Waals surface area contributed by atoms with Crippen molar-refractivity contribution < 1.29 is 4.39 Å². The van der Waals surface area contributed by atoms with Gasteiger partial charge in [-0.05, 0) is 85.7 Å². The molecule has 3 heteroatoms. The number of nitrogens with two attached hydrogens (primary N) is 1. The molecule has 0 aromatic heterocycles. The van der Waals surface area contributed by atoms with Crippen molar-refractivity contribution in [3.8, 4) is 0 Å². The average molecular weight is 350 g/mol. The number of benzene rings is 2. The Morgan fingerprint density at radius 3 is 1.86 bits per heavy atom. The van der Waals surface area contributed by atoms with Crippen molar-refractivity contribution in [3.05, 3.63) is 67.4 Å². The van der Waals surface area contributed by atoms with E-state index >= 15 is 0 Å². The third kappa shape index (κ3) is 2.77. The minimum absolute atomic E-state index is 0.262. The van der Waals surface area contributed by atoms with Crippen LogP contribution in [0.15, 0.2) is 22.7 Å². The molecule has 0 amide bonds. The zero-order valence-corrected chi connectivity index (χ0v) is 14.7. The van der Waals surface area contributed by atoms with Crippen molar-refractivity contribution in [1.29, 1.82) is 0 Å². The molecule has 0 aliphatic rings. The van der Waals surface area contributed by atoms with E-state index in [2.05, 4.69) is 50.5 Å². The van der Waals surface area contributed by atoms with Gasteiger partial charge in [0.05, 0.1) is 6.04 Å². The third-order valence-electron chi connectivity index (χ3n) is 4.67. The lowest BCUT2D eigenvalue weighted by Gasteiger charge is -2.24. The van der Waals surface area contributed by atoms with Crippen molar-refractivity contribution in [3.63, 3.8) is 0 Å². The molecule has 21 heavy (non-hydrogen) atoms. The van der Waals surface area contributed by atoms with Crippen LogP contribution in [0.5, 0.6) is 0 Å². The molecule has 0 aliphatic heterocycles. The first kappa shape index (κ1) is 16.2. The van der Waals surface area contributed by atoms with Crippen LogP contribution in [0, 0.1) is 40.4 Å².